The Morgan fingerprint density at radius 2 is 1.71 bits per heavy atom. The van der Waals surface area contributed by atoms with Crippen molar-refractivity contribution in [3.05, 3.63) is 35.4 Å². The maximum atomic E-state index is 11.7. The van der Waals surface area contributed by atoms with Gasteiger partial charge in [0.25, 0.3) is 0 Å². The SMILES string of the molecule is CC(C)CNCc1ccccc1CNC(=O)OC(C)(C)C. The van der Waals surface area contributed by atoms with E-state index in [1.54, 1.807) is 0 Å². The van der Waals surface area contributed by atoms with Gasteiger partial charge in [-0.3, -0.25) is 0 Å². The molecule has 0 saturated carbocycles. The van der Waals surface area contributed by atoms with Gasteiger partial charge in [0.15, 0.2) is 0 Å². The van der Waals surface area contributed by atoms with E-state index in [-0.39, 0.29) is 6.09 Å². The lowest BCUT2D eigenvalue weighted by atomic mass is 10.1. The van der Waals surface area contributed by atoms with Crippen LogP contribution >= 0.6 is 0 Å². The Morgan fingerprint density at radius 3 is 2.24 bits per heavy atom. The fourth-order valence-corrected chi connectivity index (χ4v) is 1.88. The number of nitrogens with one attached hydrogen (secondary N) is 2. The van der Waals surface area contributed by atoms with Crippen LogP contribution in [-0.4, -0.2) is 18.2 Å². The fourth-order valence-electron chi connectivity index (χ4n) is 1.88. The summed E-state index contributed by atoms with van der Waals surface area (Å²) in [6, 6.07) is 8.12. The Hall–Kier alpha value is -1.55. The first kappa shape index (κ1) is 17.5. The molecular weight excluding hydrogens is 264 g/mol. The second-order valence-corrected chi connectivity index (χ2v) is 6.65. The Balaban J connectivity index is 2.53. The van der Waals surface area contributed by atoms with Gasteiger partial charge in [-0.2, -0.15) is 0 Å². The second-order valence-electron chi connectivity index (χ2n) is 6.65. The van der Waals surface area contributed by atoms with Crippen LogP contribution < -0.4 is 10.6 Å². The van der Waals surface area contributed by atoms with Gasteiger partial charge < -0.3 is 15.4 Å². The molecule has 0 aliphatic carbocycles. The standard InChI is InChI=1S/C17H28N2O2/c1-13(2)10-18-11-14-8-6-7-9-15(14)12-19-16(20)21-17(3,4)5/h6-9,13,18H,10-12H2,1-5H3,(H,19,20). The lowest BCUT2D eigenvalue weighted by Gasteiger charge is -2.20. The zero-order valence-corrected chi connectivity index (χ0v) is 13.8. The van der Waals surface area contributed by atoms with Crippen LogP contribution in [0.3, 0.4) is 0 Å². The number of benzene rings is 1. The Labute approximate surface area is 128 Å². The molecule has 0 spiro atoms. The van der Waals surface area contributed by atoms with Crippen LogP contribution in [0.2, 0.25) is 0 Å². The third-order valence-corrected chi connectivity index (χ3v) is 2.81. The topological polar surface area (TPSA) is 50.4 Å². The van der Waals surface area contributed by atoms with Gasteiger partial charge in [0, 0.05) is 13.1 Å². The van der Waals surface area contributed by atoms with E-state index >= 15 is 0 Å². The summed E-state index contributed by atoms with van der Waals surface area (Å²) in [5.74, 6) is 0.622. The van der Waals surface area contributed by atoms with E-state index in [4.69, 9.17) is 4.74 Å². The number of hydrogen-bond donors (Lipinski definition) is 2. The highest BCUT2D eigenvalue weighted by molar-refractivity contribution is 5.67. The van der Waals surface area contributed by atoms with Crippen molar-refractivity contribution in [3.8, 4) is 0 Å². The van der Waals surface area contributed by atoms with Gasteiger partial charge in [0.1, 0.15) is 5.60 Å². The highest BCUT2D eigenvalue weighted by Gasteiger charge is 2.16. The molecule has 118 valence electrons. The number of rotatable bonds is 6. The number of carbonyl (C=O) groups is 1. The molecule has 1 rings (SSSR count). The quantitative estimate of drug-likeness (QED) is 0.844. The number of ether oxygens (including phenoxy) is 1. The molecule has 0 heterocycles. The van der Waals surface area contributed by atoms with Gasteiger partial charge in [-0.25, -0.2) is 4.79 Å². The average Bonchev–Trinajstić information content (AvgIpc) is 2.35. The summed E-state index contributed by atoms with van der Waals surface area (Å²) in [5, 5.41) is 6.23. The molecule has 0 fully saturated rings. The molecule has 0 bridgehead atoms. The van der Waals surface area contributed by atoms with Crippen molar-refractivity contribution in [1.82, 2.24) is 10.6 Å². The van der Waals surface area contributed by atoms with Crippen LogP contribution in [0.1, 0.15) is 45.7 Å². The molecule has 0 saturated heterocycles. The number of alkyl carbamates (subject to hydrolysis) is 1. The summed E-state index contributed by atoms with van der Waals surface area (Å²) >= 11 is 0. The normalized spacial score (nSPS) is 11.5. The highest BCUT2D eigenvalue weighted by atomic mass is 16.6. The van der Waals surface area contributed by atoms with E-state index in [9.17, 15) is 4.79 Å². The lowest BCUT2D eigenvalue weighted by Crippen LogP contribution is -2.32. The lowest BCUT2D eigenvalue weighted by molar-refractivity contribution is 0.0523. The summed E-state index contributed by atoms with van der Waals surface area (Å²) in [7, 11) is 0. The van der Waals surface area contributed by atoms with Crippen molar-refractivity contribution in [2.45, 2.75) is 53.3 Å². The van der Waals surface area contributed by atoms with Crippen LogP contribution in [-0.2, 0) is 17.8 Å². The first-order chi connectivity index (χ1) is 9.78. The summed E-state index contributed by atoms with van der Waals surface area (Å²) in [4.78, 5) is 11.7. The molecule has 0 unspecified atom stereocenters. The molecule has 1 aromatic carbocycles. The van der Waals surface area contributed by atoms with Crippen LogP contribution in [0.4, 0.5) is 4.79 Å². The van der Waals surface area contributed by atoms with E-state index in [0.29, 0.717) is 12.5 Å². The zero-order valence-electron chi connectivity index (χ0n) is 13.8. The summed E-state index contributed by atoms with van der Waals surface area (Å²) in [6.45, 7) is 12.2. The molecule has 4 nitrogen and oxygen atoms in total. The predicted molar refractivity (Wildman–Crippen MR) is 86.1 cm³/mol. The Kier molecular flexibility index (Phi) is 6.69. The molecule has 2 N–H and O–H groups in total. The zero-order chi connectivity index (χ0) is 15.9. The van der Waals surface area contributed by atoms with Gasteiger partial charge in [0.2, 0.25) is 0 Å². The maximum absolute atomic E-state index is 11.7. The molecule has 0 aliphatic rings. The predicted octanol–water partition coefficient (Wildman–Crippen LogP) is 3.46. The molecule has 0 radical (unpaired) electrons. The van der Waals surface area contributed by atoms with E-state index < -0.39 is 5.60 Å². The van der Waals surface area contributed by atoms with Crippen LogP contribution in [0.25, 0.3) is 0 Å². The highest BCUT2D eigenvalue weighted by Crippen LogP contribution is 2.10. The summed E-state index contributed by atoms with van der Waals surface area (Å²) in [5.41, 5.74) is 1.84. The van der Waals surface area contributed by atoms with Crippen molar-refractivity contribution in [3.63, 3.8) is 0 Å². The molecule has 0 atom stereocenters. The van der Waals surface area contributed by atoms with Gasteiger partial charge in [-0.15, -0.1) is 0 Å². The average molecular weight is 292 g/mol. The van der Waals surface area contributed by atoms with E-state index in [2.05, 4.69) is 30.5 Å². The minimum Gasteiger partial charge on any atom is -0.444 e. The Morgan fingerprint density at radius 1 is 1.14 bits per heavy atom. The van der Waals surface area contributed by atoms with E-state index in [1.165, 1.54) is 5.56 Å². The molecule has 0 aliphatic heterocycles. The third kappa shape index (κ3) is 7.71. The van der Waals surface area contributed by atoms with Gasteiger partial charge in [0.05, 0.1) is 0 Å². The molecule has 4 heteroatoms. The fraction of sp³-hybridized carbons (Fsp3) is 0.588. The second kappa shape index (κ2) is 8.03. The van der Waals surface area contributed by atoms with Crippen molar-refractivity contribution in [1.29, 1.82) is 0 Å². The van der Waals surface area contributed by atoms with Crippen molar-refractivity contribution in [2.75, 3.05) is 6.54 Å². The van der Waals surface area contributed by atoms with Crippen molar-refractivity contribution >= 4 is 6.09 Å². The first-order valence-corrected chi connectivity index (χ1v) is 7.52. The van der Waals surface area contributed by atoms with Gasteiger partial charge in [-0.1, -0.05) is 38.1 Å². The first-order valence-electron chi connectivity index (χ1n) is 7.52. The molecular formula is C17H28N2O2. The summed E-state index contributed by atoms with van der Waals surface area (Å²) < 4.78 is 5.25. The van der Waals surface area contributed by atoms with Crippen LogP contribution in [0.5, 0.6) is 0 Å². The van der Waals surface area contributed by atoms with Crippen LogP contribution in [0, 0.1) is 5.92 Å². The molecule has 1 aromatic rings. The van der Waals surface area contributed by atoms with Crippen molar-refractivity contribution < 1.29 is 9.53 Å². The summed E-state index contributed by atoms with van der Waals surface area (Å²) in [6.07, 6.45) is -0.382. The largest absolute Gasteiger partial charge is 0.444 e. The Bertz CT molecular complexity index is 450. The number of hydrogen-bond acceptors (Lipinski definition) is 3. The number of carbonyl (C=O) groups excluding carboxylic acids is 1. The minimum absolute atomic E-state index is 0.382. The molecule has 21 heavy (non-hydrogen) atoms. The van der Waals surface area contributed by atoms with Crippen molar-refractivity contribution in [2.24, 2.45) is 5.92 Å². The van der Waals surface area contributed by atoms with E-state index in [0.717, 1.165) is 18.7 Å². The smallest absolute Gasteiger partial charge is 0.407 e. The maximum Gasteiger partial charge on any atom is 0.407 e. The number of amides is 1. The third-order valence-electron chi connectivity index (χ3n) is 2.81. The molecule has 0 aromatic heterocycles. The van der Waals surface area contributed by atoms with Gasteiger partial charge in [-0.05, 0) is 44.4 Å². The monoisotopic (exact) mass is 292 g/mol. The van der Waals surface area contributed by atoms with Crippen LogP contribution in [0.15, 0.2) is 24.3 Å². The molecule has 1 amide bonds. The van der Waals surface area contributed by atoms with E-state index in [1.807, 2.05) is 39.0 Å². The van der Waals surface area contributed by atoms with Gasteiger partial charge >= 0.3 is 6.09 Å². The minimum atomic E-state index is -0.470.